The van der Waals surface area contributed by atoms with Crippen LogP contribution in [0.5, 0.6) is 0 Å². The maximum Gasteiger partial charge on any atom is 0.316 e. The molecule has 4 aliphatic rings. The summed E-state index contributed by atoms with van der Waals surface area (Å²) in [6.45, 7) is 8.07. The Kier molecular flexibility index (Phi) is 3.90. The van der Waals surface area contributed by atoms with Crippen LogP contribution >= 0.6 is 22.6 Å². The van der Waals surface area contributed by atoms with Gasteiger partial charge < -0.3 is 4.74 Å². The van der Waals surface area contributed by atoms with Gasteiger partial charge in [-0.3, -0.25) is 4.79 Å². The van der Waals surface area contributed by atoms with Crippen LogP contribution in [0, 0.1) is 40.9 Å². The summed E-state index contributed by atoms with van der Waals surface area (Å²) in [4.78, 5) is 12.9. The second kappa shape index (κ2) is 5.47. The third-order valence-electron chi connectivity index (χ3n) is 7.98. The standard InChI is InChI=1S/C20H29IO2/c1-4-19(3,11-21)18(22)23-20(5-2)10-14-9-15(20)17-13-7-6-12(8-13)16(14)17/h4,12-17H,1,5-11H2,2-3H3. The van der Waals surface area contributed by atoms with Gasteiger partial charge in [0.25, 0.3) is 0 Å². The topological polar surface area (TPSA) is 26.3 Å². The second-order valence-corrected chi connectivity index (χ2v) is 9.62. The lowest BCUT2D eigenvalue weighted by molar-refractivity contribution is -0.179. The number of fused-ring (bicyclic) bond motifs is 9. The molecule has 0 aromatic carbocycles. The number of halogens is 1. The fraction of sp³-hybridized carbons (Fsp3) is 0.850. The monoisotopic (exact) mass is 428 g/mol. The van der Waals surface area contributed by atoms with Crippen LogP contribution in [0.15, 0.2) is 12.7 Å². The highest BCUT2D eigenvalue weighted by molar-refractivity contribution is 14.1. The van der Waals surface area contributed by atoms with Gasteiger partial charge in [0.05, 0.1) is 5.41 Å². The van der Waals surface area contributed by atoms with Crippen molar-refractivity contribution >= 4 is 28.6 Å². The normalized spacial score (nSPS) is 49.0. The SMILES string of the molecule is C=CC(C)(CI)C(=O)OC1(CC)CC2CC1C1C3CCC(C3)C21. The summed E-state index contributed by atoms with van der Waals surface area (Å²) in [5.74, 6) is 5.16. The maximum atomic E-state index is 12.9. The Balaban J connectivity index is 1.58. The van der Waals surface area contributed by atoms with E-state index >= 15 is 0 Å². The van der Waals surface area contributed by atoms with Crippen LogP contribution in [0.2, 0.25) is 0 Å². The van der Waals surface area contributed by atoms with Crippen LogP contribution in [0.3, 0.4) is 0 Å². The molecule has 8 unspecified atom stereocenters. The number of ether oxygens (including phenoxy) is 1. The van der Waals surface area contributed by atoms with Gasteiger partial charge in [-0.25, -0.2) is 0 Å². The van der Waals surface area contributed by atoms with E-state index in [1.807, 2.05) is 6.92 Å². The minimum absolute atomic E-state index is 0.0454. The van der Waals surface area contributed by atoms with Crippen molar-refractivity contribution in [2.75, 3.05) is 4.43 Å². The number of carbonyl (C=O) groups is 1. The van der Waals surface area contributed by atoms with Crippen molar-refractivity contribution < 1.29 is 9.53 Å². The molecule has 0 aliphatic heterocycles. The molecule has 2 nitrogen and oxygen atoms in total. The molecule has 8 atom stereocenters. The smallest absolute Gasteiger partial charge is 0.316 e. The van der Waals surface area contributed by atoms with Crippen molar-refractivity contribution in [2.24, 2.45) is 40.9 Å². The van der Waals surface area contributed by atoms with Gasteiger partial charge in [0.15, 0.2) is 0 Å². The quantitative estimate of drug-likeness (QED) is 0.202. The minimum atomic E-state index is -0.543. The van der Waals surface area contributed by atoms with E-state index in [2.05, 4.69) is 36.1 Å². The molecule has 23 heavy (non-hydrogen) atoms. The average molecular weight is 428 g/mol. The molecule has 4 rings (SSSR count). The van der Waals surface area contributed by atoms with Gasteiger partial charge >= 0.3 is 5.97 Å². The molecule has 4 aliphatic carbocycles. The molecule has 0 aromatic rings. The Hall–Kier alpha value is -0.0600. The van der Waals surface area contributed by atoms with Crippen LogP contribution in [0.1, 0.15) is 52.4 Å². The zero-order chi connectivity index (χ0) is 16.4. The molecular formula is C20H29IO2. The molecule has 0 saturated heterocycles. The van der Waals surface area contributed by atoms with E-state index in [1.165, 1.54) is 25.7 Å². The number of hydrogen-bond donors (Lipinski definition) is 0. The molecule has 0 N–H and O–H groups in total. The maximum absolute atomic E-state index is 12.9. The number of rotatable bonds is 5. The molecule has 0 heterocycles. The van der Waals surface area contributed by atoms with Crippen molar-refractivity contribution in [1.82, 2.24) is 0 Å². The predicted molar refractivity (Wildman–Crippen MR) is 100 cm³/mol. The zero-order valence-corrected chi connectivity index (χ0v) is 16.6. The third-order valence-corrected chi connectivity index (χ3v) is 9.57. The summed E-state index contributed by atoms with van der Waals surface area (Å²) in [5, 5.41) is 0. The molecule has 0 amide bonds. The van der Waals surface area contributed by atoms with E-state index in [1.54, 1.807) is 6.08 Å². The summed E-state index contributed by atoms with van der Waals surface area (Å²) in [7, 11) is 0. The lowest BCUT2D eigenvalue weighted by Gasteiger charge is -2.46. The molecule has 4 fully saturated rings. The Labute approximate surface area is 153 Å². The summed E-state index contributed by atoms with van der Waals surface area (Å²) in [5.41, 5.74) is -0.720. The fourth-order valence-electron chi connectivity index (χ4n) is 6.79. The van der Waals surface area contributed by atoms with Crippen molar-refractivity contribution in [1.29, 1.82) is 0 Å². The molecule has 4 saturated carbocycles. The van der Waals surface area contributed by atoms with Gasteiger partial charge in [-0.15, -0.1) is 6.58 Å². The highest BCUT2D eigenvalue weighted by Gasteiger charge is 2.68. The lowest BCUT2D eigenvalue weighted by atomic mass is 9.65. The van der Waals surface area contributed by atoms with Gasteiger partial charge in [-0.05, 0) is 75.0 Å². The van der Waals surface area contributed by atoms with Crippen molar-refractivity contribution in [2.45, 2.75) is 58.0 Å². The Bertz CT molecular complexity index is 532. The van der Waals surface area contributed by atoms with Crippen LogP contribution in [0.4, 0.5) is 0 Å². The van der Waals surface area contributed by atoms with E-state index in [0.717, 1.165) is 46.9 Å². The first-order valence-electron chi connectivity index (χ1n) is 9.41. The van der Waals surface area contributed by atoms with Gasteiger partial charge in [-0.1, -0.05) is 35.6 Å². The zero-order valence-electron chi connectivity index (χ0n) is 14.4. The first kappa shape index (κ1) is 16.4. The van der Waals surface area contributed by atoms with Crippen molar-refractivity contribution in [3.8, 4) is 0 Å². The molecular weight excluding hydrogens is 399 g/mol. The summed E-state index contributed by atoms with van der Waals surface area (Å²) in [6.07, 6.45) is 9.57. The molecule has 4 bridgehead atoms. The number of hydrogen-bond acceptors (Lipinski definition) is 2. The summed E-state index contributed by atoms with van der Waals surface area (Å²) in [6, 6.07) is 0. The average Bonchev–Trinajstić information content (AvgIpc) is 3.31. The Morgan fingerprint density at radius 3 is 2.61 bits per heavy atom. The van der Waals surface area contributed by atoms with Crippen LogP contribution in [-0.4, -0.2) is 16.0 Å². The first-order chi connectivity index (χ1) is 11.0. The number of esters is 1. The van der Waals surface area contributed by atoms with Gasteiger partial charge in [0, 0.05) is 10.3 Å². The van der Waals surface area contributed by atoms with Gasteiger partial charge in [0.2, 0.25) is 0 Å². The summed E-state index contributed by atoms with van der Waals surface area (Å²) >= 11 is 2.28. The number of alkyl halides is 1. The van der Waals surface area contributed by atoms with Gasteiger partial charge in [-0.2, -0.15) is 0 Å². The molecule has 0 aromatic heterocycles. The van der Waals surface area contributed by atoms with Crippen LogP contribution in [-0.2, 0) is 9.53 Å². The van der Waals surface area contributed by atoms with E-state index in [-0.39, 0.29) is 11.6 Å². The Morgan fingerprint density at radius 1 is 1.30 bits per heavy atom. The van der Waals surface area contributed by atoms with Crippen LogP contribution < -0.4 is 0 Å². The highest BCUT2D eigenvalue weighted by atomic mass is 127. The van der Waals surface area contributed by atoms with Crippen molar-refractivity contribution in [3.05, 3.63) is 12.7 Å². The third kappa shape index (κ3) is 2.13. The minimum Gasteiger partial charge on any atom is -0.458 e. The summed E-state index contributed by atoms with van der Waals surface area (Å²) < 4.78 is 7.06. The van der Waals surface area contributed by atoms with Crippen LogP contribution in [0.25, 0.3) is 0 Å². The molecule has 3 heteroatoms. The highest BCUT2D eigenvalue weighted by Crippen LogP contribution is 2.70. The van der Waals surface area contributed by atoms with E-state index in [0.29, 0.717) is 5.92 Å². The predicted octanol–water partition coefficient (Wildman–Crippen LogP) is 5.01. The van der Waals surface area contributed by atoms with E-state index < -0.39 is 5.41 Å². The van der Waals surface area contributed by atoms with E-state index in [9.17, 15) is 4.79 Å². The number of carbonyl (C=O) groups excluding carboxylic acids is 1. The Morgan fingerprint density at radius 2 is 2.00 bits per heavy atom. The van der Waals surface area contributed by atoms with E-state index in [4.69, 9.17) is 4.74 Å². The van der Waals surface area contributed by atoms with Crippen molar-refractivity contribution in [3.63, 3.8) is 0 Å². The lowest BCUT2D eigenvalue weighted by Crippen LogP contribution is -2.49. The molecule has 0 spiro atoms. The largest absolute Gasteiger partial charge is 0.458 e. The fourth-order valence-corrected chi connectivity index (χ4v) is 7.41. The second-order valence-electron chi connectivity index (χ2n) is 8.86. The molecule has 0 radical (unpaired) electrons. The molecule has 128 valence electrons. The first-order valence-corrected chi connectivity index (χ1v) is 10.9. The van der Waals surface area contributed by atoms with Gasteiger partial charge in [0.1, 0.15) is 5.60 Å².